The highest BCUT2D eigenvalue weighted by Crippen LogP contribution is 2.21. The Balaban J connectivity index is 1.74. The third-order valence-corrected chi connectivity index (χ3v) is 3.85. The van der Waals surface area contributed by atoms with E-state index in [1.165, 1.54) is 18.0 Å². The minimum absolute atomic E-state index is 0.269. The number of carbonyl (C=O) groups is 2. The van der Waals surface area contributed by atoms with Crippen molar-refractivity contribution in [3.05, 3.63) is 59.4 Å². The van der Waals surface area contributed by atoms with Gasteiger partial charge in [0.15, 0.2) is 5.82 Å². The molecule has 0 bridgehead atoms. The second kappa shape index (κ2) is 8.30. The van der Waals surface area contributed by atoms with Gasteiger partial charge in [0.25, 0.3) is 0 Å². The second-order valence-corrected chi connectivity index (χ2v) is 5.62. The van der Waals surface area contributed by atoms with Crippen LogP contribution in [0.4, 0.5) is 0 Å². The standard InChI is InChI=1S/C19H18N4O5/c1-4-27-19(25)15-11-20-23(12(15)2)16-9-10-17(22-21-16)28-14-7-5-13(6-8-14)18(24)26-3/h5-11H,4H2,1-3H3. The fourth-order valence-corrected chi connectivity index (χ4v) is 2.43. The highest BCUT2D eigenvalue weighted by molar-refractivity contribution is 5.90. The van der Waals surface area contributed by atoms with E-state index < -0.39 is 11.9 Å². The highest BCUT2D eigenvalue weighted by atomic mass is 16.5. The summed E-state index contributed by atoms with van der Waals surface area (Å²) in [7, 11) is 1.32. The number of aromatic nitrogens is 4. The quantitative estimate of drug-likeness (QED) is 0.599. The lowest BCUT2D eigenvalue weighted by Gasteiger charge is -2.07. The zero-order chi connectivity index (χ0) is 20.1. The first-order valence-corrected chi connectivity index (χ1v) is 8.45. The number of methoxy groups -OCH3 is 1. The van der Waals surface area contributed by atoms with E-state index in [9.17, 15) is 9.59 Å². The van der Waals surface area contributed by atoms with E-state index in [0.717, 1.165) is 0 Å². The maximum atomic E-state index is 11.9. The van der Waals surface area contributed by atoms with Gasteiger partial charge in [0.05, 0.1) is 31.2 Å². The minimum Gasteiger partial charge on any atom is -0.465 e. The molecule has 9 heteroatoms. The van der Waals surface area contributed by atoms with Crippen LogP contribution in [0, 0.1) is 6.92 Å². The van der Waals surface area contributed by atoms with Gasteiger partial charge in [0, 0.05) is 6.07 Å². The van der Waals surface area contributed by atoms with Gasteiger partial charge in [-0.1, -0.05) is 0 Å². The first kappa shape index (κ1) is 19.0. The van der Waals surface area contributed by atoms with Crippen LogP contribution >= 0.6 is 0 Å². The van der Waals surface area contributed by atoms with Crippen molar-refractivity contribution in [3.8, 4) is 17.4 Å². The third kappa shape index (κ3) is 3.98. The van der Waals surface area contributed by atoms with Crippen molar-refractivity contribution in [2.24, 2.45) is 0 Å². The summed E-state index contributed by atoms with van der Waals surface area (Å²) < 4.78 is 16.8. The van der Waals surface area contributed by atoms with Crippen LogP contribution in [0.5, 0.6) is 11.6 Å². The Kier molecular flexibility index (Phi) is 5.64. The Morgan fingerprint density at radius 2 is 1.79 bits per heavy atom. The molecule has 0 fully saturated rings. The first-order valence-electron chi connectivity index (χ1n) is 8.45. The molecule has 3 aromatic rings. The summed E-state index contributed by atoms with van der Waals surface area (Å²) in [4.78, 5) is 23.3. The van der Waals surface area contributed by atoms with E-state index in [1.807, 2.05) is 0 Å². The van der Waals surface area contributed by atoms with Crippen LogP contribution in [-0.2, 0) is 9.47 Å². The summed E-state index contributed by atoms with van der Waals surface area (Å²) in [5.41, 5.74) is 1.39. The van der Waals surface area contributed by atoms with Crippen molar-refractivity contribution in [1.29, 1.82) is 0 Å². The number of ether oxygens (including phenoxy) is 3. The molecule has 1 aromatic carbocycles. The molecule has 0 aliphatic carbocycles. The molecule has 28 heavy (non-hydrogen) atoms. The number of carbonyl (C=O) groups excluding carboxylic acids is 2. The van der Waals surface area contributed by atoms with Gasteiger partial charge in [-0.15, -0.1) is 10.2 Å². The van der Waals surface area contributed by atoms with Crippen LogP contribution in [0.3, 0.4) is 0 Å². The Bertz CT molecular complexity index is 981. The molecule has 0 saturated heterocycles. The molecule has 3 rings (SSSR count). The van der Waals surface area contributed by atoms with E-state index in [0.29, 0.717) is 28.4 Å². The fraction of sp³-hybridized carbons (Fsp3) is 0.211. The van der Waals surface area contributed by atoms with Gasteiger partial charge >= 0.3 is 11.9 Å². The lowest BCUT2D eigenvalue weighted by molar-refractivity contribution is 0.0524. The minimum atomic E-state index is -0.436. The maximum absolute atomic E-state index is 11.9. The summed E-state index contributed by atoms with van der Waals surface area (Å²) >= 11 is 0. The zero-order valence-electron chi connectivity index (χ0n) is 15.6. The number of esters is 2. The molecule has 0 N–H and O–H groups in total. The molecular weight excluding hydrogens is 364 g/mol. The van der Waals surface area contributed by atoms with Crippen LogP contribution in [0.25, 0.3) is 5.82 Å². The summed E-state index contributed by atoms with van der Waals surface area (Å²) in [6, 6.07) is 9.73. The van der Waals surface area contributed by atoms with Gasteiger partial charge in [-0.2, -0.15) is 5.10 Å². The topological polar surface area (TPSA) is 105 Å². The van der Waals surface area contributed by atoms with Gasteiger partial charge in [0.1, 0.15) is 11.3 Å². The molecule has 9 nitrogen and oxygen atoms in total. The molecule has 144 valence electrons. The third-order valence-electron chi connectivity index (χ3n) is 3.85. The van der Waals surface area contributed by atoms with Crippen LogP contribution in [0.15, 0.2) is 42.6 Å². The van der Waals surface area contributed by atoms with Crippen molar-refractivity contribution in [2.75, 3.05) is 13.7 Å². The average molecular weight is 382 g/mol. The molecular formula is C19H18N4O5. The summed E-state index contributed by atoms with van der Waals surface area (Å²) in [5.74, 6) is 0.336. The molecule has 0 aliphatic heterocycles. The first-order chi connectivity index (χ1) is 13.5. The monoisotopic (exact) mass is 382 g/mol. The normalized spacial score (nSPS) is 10.4. The fourth-order valence-electron chi connectivity index (χ4n) is 2.43. The largest absolute Gasteiger partial charge is 0.465 e. The van der Waals surface area contributed by atoms with E-state index in [2.05, 4.69) is 20.0 Å². The Morgan fingerprint density at radius 1 is 1.04 bits per heavy atom. The predicted octanol–water partition coefficient (Wildman–Crippen LogP) is 2.73. The predicted molar refractivity (Wildman–Crippen MR) is 97.7 cm³/mol. The van der Waals surface area contributed by atoms with Gasteiger partial charge in [-0.3, -0.25) is 0 Å². The van der Waals surface area contributed by atoms with E-state index >= 15 is 0 Å². The highest BCUT2D eigenvalue weighted by Gasteiger charge is 2.17. The molecule has 0 saturated carbocycles. The van der Waals surface area contributed by atoms with Gasteiger partial charge in [0.2, 0.25) is 5.88 Å². The van der Waals surface area contributed by atoms with E-state index in [-0.39, 0.29) is 12.5 Å². The van der Waals surface area contributed by atoms with Crippen molar-refractivity contribution in [2.45, 2.75) is 13.8 Å². The van der Waals surface area contributed by atoms with Gasteiger partial charge < -0.3 is 14.2 Å². The number of rotatable bonds is 6. The number of benzene rings is 1. The van der Waals surface area contributed by atoms with E-state index in [1.54, 1.807) is 50.2 Å². The number of hydrogen-bond donors (Lipinski definition) is 0. The van der Waals surface area contributed by atoms with Gasteiger partial charge in [-0.05, 0) is 44.2 Å². The molecule has 2 heterocycles. The van der Waals surface area contributed by atoms with Crippen molar-refractivity contribution >= 4 is 11.9 Å². The summed E-state index contributed by atoms with van der Waals surface area (Å²) in [6.07, 6.45) is 1.43. The molecule has 0 atom stereocenters. The smallest absolute Gasteiger partial charge is 0.341 e. The second-order valence-electron chi connectivity index (χ2n) is 5.62. The molecule has 0 aliphatic rings. The SMILES string of the molecule is CCOC(=O)c1cnn(-c2ccc(Oc3ccc(C(=O)OC)cc3)nn2)c1C. The van der Waals surface area contributed by atoms with Crippen molar-refractivity contribution in [1.82, 2.24) is 20.0 Å². The lowest BCUT2D eigenvalue weighted by atomic mass is 10.2. The number of nitrogens with zero attached hydrogens (tertiary/aromatic N) is 4. The average Bonchev–Trinajstić information content (AvgIpc) is 3.10. The molecule has 0 amide bonds. The Labute approximate surface area is 160 Å². The molecule has 2 aromatic heterocycles. The van der Waals surface area contributed by atoms with E-state index in [4.69, 9.17) is 9.47 Å². The molecule has 0 unspecified atom stereocenters. The number of hydrogen-bond acceptors (Lipinski definition) is 8. The lowest BCUT2D eigenvalue weighted by Crippen LogP contribution is -2.08. The summed E-state index contributed by atoms with van der Waals surface area (Å²) in [5, 5.41) is 12.3. The zero-order valence-corrected chi connectivity index (χ0v) is 15.6. The molecule has 0 radical (unpaired) electrons. The van der Waals surface area contributed by atoms with Crippen LogP contribution < -0.4 is 4.74 Å². The van der Waals surface area contributed by atoms with Crippen LogP contribution in [0.2, 0.25) is 0 Å². The van der Waals surface area contributed by atoms with Crippen LogP contribution in [-0.4, -0.2) is 45.6 Å². The van der Waals surface area contributed by atoms with Crippen molar-refractivity contribution < 1.29 is 23.8 Å². The summed E-state index contributed by atoms with van der Waals surface area (Å²) in [6.45, 7) is 3.77. The van der Waals surface area contributed by atoms with Crippen LogP contribution in [0.1, 0.15) is 33.3 Å². The maximum Gasteiger partial charge on any atom is 0.341 e. The Morgan fingerprint density at radius 3 is 2.39 bits per heavy atom. The Hall–Kier alpha value is -3.75. The van der Waals surface area contributed by atoms with Crippen molar-refractivity contribution in [3.63, 3.8) is 0 Å². The van der Waals surface area contributed by atoms with Gasteiger partial charge in [-0.25, -0.2) is 14.3 Å². The molecule has 0 spiro atoms.